The van der Waals surface area contributed by atoms with Gasteiger partial charge in [0.15, 0.2) is 0 Å². The quantitative estimate of drug-likeness (QED) is 0.570. The van der Waals surface area contributed by atoms with Crippen molar-refractivity contribution in [2.45, 2.75) is 24.9 Å². The number of pyridine rings is 1. The van der Waals surface area contributed by atoms with Gasteiger partial charge in [0.05, 0.1) is 5.60 Å². The van der Waals surface area contributed by atoms with E-state index in [9.17, 15) is 9.90 Å². The van der Waals surface area contributed by atoms with Gasteiger partial charge in [-0.25, -0.2) is 4.98 Å². The molecule has 0 saturated carbocycles. The number of piperidine rings is 1. The van der Waals surface area contributed by atoms with E-state index in [0.29, 0.717) is 29.2 Å². The van der Waals surface area contributed by atoms with Crippen molar-refractivity contribution in [2.75, 3.05) is 31.6 Å². The molecule has 0 bridgehead atoms. The number of carbonyl (C=O) groups excluding carboxylic acids is 1. The van der Waals surface area contributed by atoms with E-state index in [1.165, 1.54) is 0 Å². The van der Waals surface area contributed by atoms with Crippen LogP contribution in [0.1, 0.15) is 46.3 Å². The lowest BCUT2D eigenvalue weighted by Crippen LogP contribution is -2.42. The largest absolute Gasteiger partial charge is 0.385 e. The second kappa shape index (κ2) is 9.34. The highest BCUT2D eigenvalue weighted by Crippen LogP contribution is 2.37. The highest BCUT2D eigenvalue weighted by molar-refractivity contribution is 6.30. The Balaban J connectivity index is 1.33. The number of nitrogens with zero attached hydrogens (tertiary/aromatic N) is 3. The Bertz CT molecular complexity index is 1230. The Labute approximate surface area is 205 Å². The molecule has 2 aromatic carbocycles. The first-order chi connectivity index (χ1) is 16.5. The molecule has 3 heterocycles. The van der Waals surface area contributed by atoms with E-state index in [4.69, 9.17) is 11.6 Å². The van der Waals surface area contributed by atoms with E-state index in [2.05, 4.69) is 16.0 Å². The van der Waals surface area contributed by atoms with Crippen molar-refractivity contribution >= 4 is 28.9 Å². The fraction of sp³-hybridized carbons (Fsp3) is 0.286. The number of benzene rings is 2. The fourth-order valence-corrected chi connectivity index (χ4v) is 5.13. The third-order valence-corrected chi connectivity index (χ3v) is 7.26. The highest BCUT2D eigenvalue weighted by Gasteiger charge is 2.34. The summed E-state index contributed by atoms with van der Waals surface area (Å²) >= 11 is 6.01. The van der Waals surface area contributed by atoms with E-state index in [1.807, 2.05) is 60.7 Å². The molecule has 3 aromatic rings. The Morgan fingerprint density at radius 1 is 1.00 bits per heavy atom. The lowest BCUT2D eigenvalue weighted by atomic mass is 9.84. The van der Waals surface area contributed by atoms with Crippen LogP contribution in [0.3, 0.4) is 0 Å². The third kappa shape index (κ3) is 4.27. The minimum atomic E-state index is -0.796. The van der Waals surface area contributed by atoms with E-state index < -0.39 is 5.60 Å². The molecule has 1 aromatic heterocycles. The monoisotopic (exact) mass is 473 g/mol. The topological polar surface area (TPSA) is 56.7 Å². The standard InChI is InChI=1S/C28H28ClN3O2/c1-31-26-24(8-4-16-30-26)22(23-6-2-3-7-25(23)27(31)33)9-5-17-32-18-14-28(34,15-19-32)20-10-12-21(29)13-11-20/h2-4,6-13,16,34H,5,14-15,17-19H2,1H3/b22-9-. The van der Waals surface area contributed by atoms with Crippen molar-refractivity contribution in [3.8, 4) is 0 Å². The molecule has 0 spiro atoms. The van der Waals surface area contributed by atoms with Gasteiger partial charge in [-0.2, -0.15) is 0 Å². The lowest BCUT2D eigenvalue weighted by Gasteiger charge is -2.38. The number of halogens is 1. The van der Waals surface area contributed by atoms with Gasteiger partial charge in [-0.15, -0.1) is 0 Å². The number of hydrogen-bond acceptors (Lipinski definition) is 4. The van der Waals surface area contributed by atoms with Gasteiger partial charge in [-0.1, -0.05) is 48.0 Å². The van der Waals surface area contributed by atoms with E-state index >= 15 is 0 Å². The van der Waals surface area contributed by atoms with Crippen LogP contribution in [0.25, 0.3) is 5.57 Å². The number of fused-ring (bicyclic) bond motifs is 2. The maximum atomic E-state index is 13.1. The number of rotatable bonds is 4. The van der Waals surface area contributed by atoms with Gasteiger partial charge in [0.2, 0.25) is 0 Å². The first-order valence-electron chi connectivity index (χ1n) is 11.7. The number of likely N-dealkylation sites (tertiary alicyclic amines) is 1. The summed E-state index contributed by atoms with van der Waals surface area (Å²) in [5, 5.41) is 11.8. The highest BCUT2D eigenvalue weighted by atomic mass is 35.5. The van der Waals surface area contributed by atoms with Crippen LogP contribution in [0, 0.1) is 0 Å². The minimum Gasteiger partial charge on any atom is -0.385 e. The number of aliphatic hydroxyl groups is 1. The van der Waals surface area contributed by atoms with Crippen LogP contribution >= 0.6 is 11.6 Å². The molecule has 2 aliphatic rings. The Morgan fingerprint density at radius 3 is 2.41 bits per heavy atom. The summed E-state index contributed by atoms with van der Waals surface area (Å²) in [6, 6.07) is 19.3. The molecular weight excluding hydrogens is 446 g/mol. The maximum absolute atomic E-state index is 13.1. The summed E-state index contributed by atoms with van der Waals surface area (Å²) in [7, 11) is 1.78. The summed E-state index contributed by atoms with van der Waals surface area (Å²) in [6.45, 7) is 2.55. The molecule has 6 heteroatoms. The Hall–Kier alpha value is -2.99. The van der Waals surface area contributed by atoms with Gasteiger partial charge in [0.25, 0.3) is 5.91 Å². The van der Waals surface area contributed by atoms with Crippen molar-refractivity contribution in [3.05, 3.63) is 100 Å². The summed E-state index contributed by atoms with van der Waals surface area (Å²) in [6.07, 6.45) is 6.19. The fourth-order valence-electron chi connectivity index (χ4n) is 5.01. The van der Waals surface area contributed by atoms with Gasteiger partial charge in [0.1, 0.15) is 5.82 Å². The average molecular weight is 474 g/mol. The van der Waals surface area contributed by atoms with Crippen LogP contribution in [0.15, 0.2) is 72.9 Å². The second-order valence-corrected chi connectivity index (χ2v) is 9.51. The molecule has 1 amide bonds. The predicted octanol–water partition coefficient (Wildman–Crippen LogP) is 5.13. The zero-order valence-electron chi connectivity index (χ0n) is 19.2. The number of amides is 1. The second-order valence-electron chi connectivity index (χ2n) is 9.07. The molecule has 34 heavy (non-hydrogen) atoms. The van der Waals surface area contributed by atoms with Crippen LogP contribution in [0.2, 0.25) is 5.02 Å². The normalized spacial score (nSPS) is 19.0. The molecular formula is C28H28ClN3O2. The van der Waals surface area contributed by atoms with Crippen LogP contribution < -0.4 is 4.90 Å². The van der Waals surface area contributed by atoms with Gasteiger partial charge in [-0.3, -0.25) is 9.69 Å². The van der Waals surface area contributed by atoms with Crippen LogP contribution in [-0.4, -0.2) is 47.6 Å². The SMILES string of the molecule is CN1C(=O)c2ccccc2/C(=C/CCN2CCC(O)(c3ccc(Cl)cc3)CC2)c2cccnc21. The van der Waals surface area contributed by atoms with Gasteiger partial charge >= 0.3 is 0 Å². The summed E-state index contributed by atoms with van der Waals surface area (Å²) in [5.74, 6) is 0.636. The summed E-state index contributed by atoms with van der Waals surface area (Å²) in [4.78, 5) is 21.6. The molecule has 0 unspecified atom stereocenters. The molecule has 1 fully saturated rings. The van der Waals surface area contributed by atoms with Crippen molar-refractivity contribution < 1.29 is 9.90 Å². The molecule has 2 aliphatic heterocycles. The molecule has 0 atom stereocenters. The number of carbonyl (C=O) groups is 1. The van der Waals surface area contributed by atoms with Crippen molar-refractivity contribution in [2.24, 2.45) is 0 Å². The maximum Gasteiger partial charge on any atom is 0.259 e. The zero-order valence-corrected chi connectivity index (χ0v) is 20.0. The van der Waals surface area contributed by atoms with E-state index in [1.54, 1.807) is 18.1 Å². The van der Waals surface area contributed by atoms with Crippen molar-refractivity contribution in [1.29, 1.82) is 0 Å². The Kier molecular flexibility index (Phi) is 6.26. The molecule has 0 aliphatic carbocycles. The van der Waals surface area contributed by atoms with Crippen molar-refractivity contribution in [3.63, 3.8) is 0 Å². The van der Waals surface area contributed by atoms with Gasteiger partial charge in [-0.05, 0) is 66.3 Å². The van der Waals surface area contributed by atoms with Crippen LogP contribution in [-0.2, 0) is 5.60 Å². The smallest absolute Gasteiger partial charge is 0.259 e. The molecule has 174 valence electrons. The third-order valence-electron chi connectivity index (χ3n) is 7.01. The van der Waals surface area contributed by atoms with Crippen LogP contribution in [0.4, 0.5) is 5.82 Å². The summed E-state index contributed by atoms with van der Waals surface area (Å²) < 4.78 is 0. The molecule has 5 nitrogen and oxygen atoms in total. The van der Waals surface area contributed by atoms with Gasteiger partial charge < -0.3 is 10.0 Å². The molecule has 1 N–H and O–H groups in total. The predicted molar refractivity (Wildman–Crippen MR) is 136 cm³/mol. The minimum absolute atomic E-state index is 0.0449. The van der Waals surface area contributed by atoms with Gasteiger partial charge in [0, 0.05) is 49.0 Å². The van der Waals surface area contributed by atoms with E-state index in [-0.39, 0.29) is 5.91 Å². The molecule has 0 radical (unpaired) electrons. The first-order valence-corrected chi connectivity index (χ1v) is 12.1. The molecule has 1 saturated heterocycles. The zero-order chi connectivity index (χ0) is 23.7. The van der Waals surface area contributed by atoms with Crippen LogP contribution in [0.5, 0.6) is 0 Å². The number of aromatic nitrogens is 1. The lowest BCUT2D eigenvalue weighted by molar-refractivity contribution is -0.0254. The van der Waals surface area contributed by atoms with E-state index in [0.717, 1.165) is 48.3 Å². The summed E-state index contributed by atoms with van der Waals surface area (Å²) in [5.41, 5.74) is 3.80. The van der Waals surface area contributed by atoms with Crippen molar-refractivity contribution in [1.82, 2.24) is 9.88 Å². The molecule has 5 rings (SSSR count). The average Bonchev–Trinajstić information content (AvgIpc) is 2.95. The Morgan fingerprint density at radius 2 is 1.68 bits per heavy atom. The number of anilines is 1. The number of hydrogen-bond donors (Lipinski definition) is 1. The first kappa shape index (κ1) is 22.8.